The number of aromatic nitrogens is 2. The molecule has 7 heteroatoms. The number of para-hydroxylation sites is 1. The lowest BCUT2D eigenvalue weighted by Crippen LogP contribution is -2.24. The molecule has 1 aliphatic rings. The molecule has 0 saturated carbocycles. The van der Waals surface area contributed by atoms with Crippen molar-refractivity contribution in [2.75, 3.05) is 0 Å². The van der Waals surface area contributed by atoms with Crippen LogP contribution in [0.4, 0.5) is 4.39 Å². The molecule has 0 spiro atoms. The van der Waals surface area contributed by atoms with Gasteiger partial charge in [-0.25, -0.2) is 9.37 Å². The summed E-state index contributed by atoms with van der Waals surface area (Å²) in [5, 5.41) is 9.77. The molecule has 1 aromatic carbocycles. The molecule has 4 rings (SSSR count). The number of hydrogen-bond acceptors (Lipinski definition) is 5. The van der Waals surface area contributed by atoms with E-state index in [1.165, 1.54) is 27.3 Å². The molecule has 2 aromatic heterocycles. The van der Waals surface area contributed by atoms with E-state index in [9.17, 15) is 14.4 Å². The summed E-state index contributed by atoms with van der Waals surface area (Å²) in [6.45, 7) is 3.96. The summed E-state index contributed by atoms with van der Waals surface area (Å²) < 4.78 is 15.8. The van der Waals surface area contributed by atoms with Crippen molar-refractivity contribution in [3.63, 3.8) is 0 Å². The minimum absolute atomic E-state index is 0.175. The second kappa shape index (κ2) is 7.10. The van der Waals surface area contributed by atoms with Gasteiger partial charge in [-0.05, 0) is 49.8 Å². The van der Waals surface area contributed by atoms with Crippen LogP contribution in [0.2, 0.25) is 0 Å². The van der Waals surface area contributed by atoms with Crippen molar-refractivity contribution in [3.05, 3.63) is 50.9 Å². The molecule has 0 radical (unpaired) electrons. The first-order valence-electron chi connectivity index (χ1n) is 8.88. The number of fused-ring (bicyclic) bond motifs is 3. The van der Waals surface area contributed by atoms with Crippen LogP contribution in [0.3, 0.4) is 0 Å². The summed E-state index contributed by atoms with van der Waals surface area (Å²) in [5.41, 5.74) is 0.999. The zero-order valence-electron chi connectivity index (χ0n) is 15.0. The minimum Gasteiger partial charge on any atom is -0.268 e. The zero-order valence-corrected chi connectivity index (χ0v) is 16.7. The van der Waals surface area contributed by atoms with Gasteiger partial charge in [0.25, 0.3) is 5.56 Å². The predicted octanol–water partition coefficient (Wildman–Crippen LogP) is 4.72. The Hall–Kier alpha value is -2.17. The number of thiophene rings is 1. The number of hydrogen-bond donors (Lipinski definition) is 0. The van der Waals surface area contributed by atoms with E-state index in [0.29, 0.717) is 21.3 Å². The molecule has 0 saturated heterocycles. The molecule has 0 bridgehead atoms. The van der Waals surface area contributed by atoms with Gasteiger partial charge in [0.1, 0.15) is 10.6 Å². The van der Waals surface area contributed by atoms with Gasteiger partial charge < -0.3 is 0 Å². The number of aryl methyl sites for hydroxylation is 1. The molecular formula is C20H18FN3OS2. The summed E-state index contributed by atoms with van der Waals surface area (Å²) in [6, 6.07) is 8.34. The Labute approximate surface area is 164 Å². The van der Waals surface area contributed by atoms with Crippen molar-refractivity contribution >= 4 is 33.3 Å². The van der Waals surface area contributed by atoms with Crippen molar-refractivity contribution in [3.8, 4) is 11.8 Å². The van der Waals surface area contributed by atoms with E-state index in [0.717, 1.165) is 24.8 Å². The molecule has 138 valence electrons. The number of halogens is 1. The normalized spacial score (nSPS) is 17.5. The third-order valence-electron chi connectivity index (χ3n) is 4.86. The van der Waals surface area contributed by atoms with E-state index < -0.39 is 11.1 Å². The highest BCUT2D eigenvalue weighted by atomic mass is 32.2. The number of nitriles is 1. The molecule has 0 N–H and O–H groups in total. The maximum absolute atomic E-state index is 14.5. The Morgan fingerprint density at radius 3 is 2.96 bits per heavy atom. The number of benzene rings is 1. The second-order valence-electron chi connectivity index (χ2n) is 6.91. The maximum atomic E-state index is 14.5. The first-order valence-corrected chi connectivity index (χ1v) is 10.6. The highest BCUT2D eigenvalue weighted by Gasteiger charge is 2.26. The van der Waals surface area contributed by atoms with Gasteiger partial charge in [0.2, 0.25) is 0 Å². The van der Waals surface area contributed by atoms with Crippen LogP contribution in [0.5, 0.6) is 0 Å². The summed E-state index contributed by atoms with van der Waals surface area (Å²) in [5.74, 6) is 0.108. The van der Waals surface area contributed by atoms with E-state index in [2.05, 4.69) is 13.0 Å². The molecule has 2 heterocycles. The first-order chi connectivity index (χ1) is 13.0. The largest absolute Gasteiger partial charge is 0.268 e. The van der Waals surface area contributed by atoms with Crippen LogP contribution in [0.25, 0.3) is 15.9 Å². The molecule has 0 aliphatic heterocycles. The van der Waals surface area contributed by atoms with Crippen molar-refractivity contribution in [1.29, 1.82) is 5.26 Å². The van der Waals surface area contributed by atoms with Crippen molar-refractivity contribution in [1.82, 2.24) is 9.55 Å². The number of thioether (sulfide) groups is 1. The van der Waals surface area contributed by atoms with Crippen LogP contribution in [0.15, 0.2) is 34.2 Å². The predicted molar refractivity (Wildman–Crippen MR) is 107 cm³/mol. The second-order valence-corrected chi connectivity index (χ2v) is 9.30. The van der Waals surface area contributed by atoms with Gasteiger partial charge in [0, 0.05) is 4.88 Å². The van der Waals surface area contributed by atoms with E-state index in [1.807, 2.05) is 0 Å². The van der Waals surface area contributed by atoms with Gasteiger partial charge in [-0.1, -0.05) is 30.8 Å². The van der Waals surface area contributed by atoms with Crippen LogP contribution in [-0.2, 0) is 12.8 Å². The van der Waals surface area contributed by atoms with Gasteiger partial charge in [-0.3, -0.25) is 9.36 Å². The summed E-state index contributed by atoms with van der Waals surface area (Å²) >= 11 is 2.74. The SMILES string of the molecule is C[C@@H]1CCc2c(sc3nc(S[C@H](C)C#N)n(-c4ccccc4F)c(=O)c23)C1. The molecule has 0 unspecified atom stereocenters. The van der Waals surface area contributed by atoms with Crippen LogP contribution >= 0.6 is 23.1 Å². The fraction of sp³-hybridized carbons (Fsp3) is 0.350. The quantitative estimate of drug-likeness (QED) is 0.472. The lowest BCUT2D eigenvalue weighted by Gasteiger charge is -2.18. The van der Waals surface area contributed by atoms with Crippen LogP contribution in [-0.4, -0.2) is 14.8 Å². The van der Waals surface area contributed by atoms with E-state index in [1.54, 1.807) is 36.5 Å². The van der Waals surface area contributed by atoms with Gasteiger partial charge in [0.05, 0.1) is 22.4 Å². The Morgan fingerprint density at radius 2 is 2.22 bits per heavy atom. The molecule has 27 heavy (non-hydrogen) atoms. The molecule has 1 aliphatic carbocycles. The molecule has 0 fully saturated rings. The fourth-order valence-corrected chi connectivity index (χ4v) is 5.71. The Kier molecular flexibility index (Phi) is 4.79. The molecule has 2 atom stereocenters. The van der Waals surface area contributed by atoms with Crippen molar-refractivity contribution in [2.24, 2.45) is 5.92 Å². The van der Waals surface area contributed by atoms with Crippen LogP contribution in [0, 0.1) is 23.1 Å². The lowest BCUT2D eigenvalue weighted by atomic mass is 9.89. The summed E-state index contributed by atoms with van der Waals surface area (Å²) in [6.07, 6.45) is 2.85. The smallest absolute Gasteiger partial charge is 0.267 e. The highest BCUT2D eigenvalue weighted by molar-refractivity contribution is 8.00. The average Bonchev–Trinajstić information content (AvgIpc) is 3.00. The standard InChI is InChI=1S/C20H18FN3OS2/c1-11-7-8-13-16(9-11)27-18-17(13)19(25)24(15-6-4-3-5-14(15)21)20(23-18)26-12(2)10-22/h3-6,11-12H,7-9H2,1-2H3/t11-,12-/m1/s1. The Balaban J connectivity index is 2.03. The van der Waals surface area contributed by atoms with Gasteiger partial charge >= 0.3 is 0 Å². The monoisotopic (exact) mass is 399 g/mol. The van der Waals surface area contributed by atoms with E-state index in [4.69, 9.17) is 4.98 Å². The Morgan fingerprint density at radius 1 is 1.44 bits per heavy atom. The highest BCUT2D eigenvalue weighted by Crippen LogP contribution is 2.37. The first kappa shape index (κ1) is 18.2. The van der Waals surface area contributed by atoms with Crippen molar-refractivity contribution < 1.29 is 4.39 Å². The van der Waals surface area contributed by atoms with Crippen LogP contribution < -0.4 is 5.56 Å². The molecule has 4 nitrogen and oxygen atoms in total. The average molecular weight is 400 g/mol. The number of rotatable bonds is 3. The topological polar surface area (TPSA) is 58.7 Å². The third-order valence-corrected chi connectivity index (χ3v) is 6.95. The maximum Gasteiger partial charge on any atom is 0.267 e. The Bertz CT molecular complexity index is 1130. The molecule has 3 aromatic rings. The van der Waals surface area contributed by atoms with Crippen molar-refractivity contribution in [2.45, 2.75) is 43.5 Å². The zero-order chi connectivity index (χ0) is 19.1. The summed E-state index contributed by atoms with van der Waals surface area (Å²) in [4.78, 5) is 20.1. The third kappa shape index (κ3) is 3.17. The van der Waals surface area contributed by atoms with Gasteiger partial charge in [-0.15, -0.1) is 11.3 Å². The summed E-state index contributed by atoms with van der Waals surface area (Å²) in [7, 11) is 0. The number of nitrogens with zero attached hydrogens (tertiary/aromatic N) is 3. The fourth-order valence-electron chi connectivity index (χ4n) is 3.48. The van der Waals surface area contributed by atoms with E-state index in [-0.39, 0.29) is 11.2 Å². The van der Waals surface area contributed by atoms with Gasteiger partial charge in [-0.2, -0.15) is 5.26 Å². The molecule has 0 amide bonds. The minimum atomic E-state index is -0.482. The lowest BCUT2D eigenvalue weighted by molar-refractivity contribution is 0.509. The van der Waals surface area contributed by atoms with Crippen LogP contribution in [0.1, 0.15) is 30.7 Å². The van der Waals surface area contributed by atoms with Gasteiger partial charge in [0.15, 0.2) is 5.16 Å². The van der Waals surface area contributed by atoms with E-state index >= 15 is 0 Å². The molecular weight excluding hydrogens is 381 g/mol.